The molecular formula is C15H14N2O4. The van der Waals surface area contributed by atoms with Crippen LogP contribution in [0, 0.1) is 10.1 Å². The zero-order valence-corrected chi connectivity index (χ0v) is 11.3. The van der Waals surface area contributed by atoms with Crippen molar-refractivity contribution < 1.29 is 14.8 Å². The molecule has 0 aromatic heterocycles. The van der Waals surface area contributed by atoms with Crippen LogP contribution >= 0.6 is 0 Å². The van der Waals surface area contributed by atoms with Gasteiger partial charge in [0.25, 0.3) is 11.6 Å². The Labute approximate surface area is 121 Å². The minimum Gasteiger partial charge on any atom is -0.389 e. The lowest BCUT2D eigenvalue weighted by atomic mass is 10.1. The number of hydrogen-bond donors (Lipinski definition) is 2. The zero-order valence-electron chi connectivity index (χ0n) is 11.3. The molecular weight excluding hydrogens is 272 g/mol. The number of rotatable bonds is 4. The van der Waals surface area contributed by atoms with E-state index in [0.29, 0.717) is 16.8 Å². The number of non-ortho nitro benzene ring substituents is 1. The van der Waals surface area contributed by atoms with E-state index in [1.165, 1.54) is 24.3 Å². The maximum atomic E-state index is 12.1. The molecule has 0 spiro atoms. The molecule has 0 saturated carbocycles. The van der Waals surface area contributed by atoms with Crippen molar-refractivity contribution in [3.8, 4) is 0 Å². The second-order valence-electron chi connectivity index (χ2n) is 4.52. The Bertz CT molecular complexity index is 666. The van der Waals surface area contributed by atoms with Crippen molar-refractivity contribution in [2.24, 2.45) is 0 Å². The summed E-state index contributed by atoms with van der Waals surface area (Å²) in [5.41, 5.74) is 1.35. The lowest BCUT2D eigenvalue weighted by Gasteiger charge is -2.12. The van der Waals surface area contributed by atoms with Crippen LogP contribution in [0.3, 0.4) is 0 Å². The lowest BCUT2D eigenvalue weighted by Crippen LogP contribution is -2.13. The highest BCUT2D eigenvalue weighted by Gasteiger charge is 2.13. The third-order valence-electron chi connectivity index (χ3n) is 3.00. The zero-order chi connectivity index (χ0) is 15.4. The van der Waals surface area contributed by atoms with E-state index in [-0.39, 0.29) is 5.69 Å². The summed E-state index contributed by atoms with van der Waals surface area (Å²) >= 11 is 0. The predicted octanol–water partition coefficient (Wildman–Crippen LogP) is 2.90. The number of para-hydroxylation sites is 1. The monoisotopic (exact) mass is 286 g/mol. The average molecular weight is 286 g/mol. The van der Waals surface area contributed by atoms with Gasteiger partial charge in [-0.15, -0.1) is 0 Å². The normalized spacial score (nSPS) is 11.7. The molecule has 0 saturated heterocycles. The molecule has 2 aromatic rings. The molecule has 0 aliphatic heterocycles. The van der Waals surface area contributed by atoms with E-state index in [0.717, 1.165) is 0 Å². The second kappa shape index (κ2) is 6.15. The van der Waals surface area contributed by atoms with Crippen LogP contribution in [0.1, 0.15) is 28.9 Å². The summed E-state index contributed by atoms with van der Waals surface area (Å²) in [6, 6.07) is 12.2. The van der Waals surface area contributed by atoms with E-state index >= 15 is 0 Å². The molecule has 108 valence electrons. The number of aliphatic hydroxyl groups excluding tert-OH is 1. The van der Waals surface area contributed by atoms with Gasteiger partial charge in [-0.2, -0.15) is 0 Å². The third kappa shape index (κ3) is 3.43. The van der Waals surface area contributed by atoms with Gasteiger partial charge in [0, 0.05) is 28.9 Å². The van der Waals surface area contributed by atoms with Gasteiger partial charge in [-0.1, -0.05) is 18.2 Å². The first kappa shape index (κ1) is 14.7. The first-order valence-corrected chi connectivity index (χ1v) is 6.32. The number of carbonyl (C=O) groups excluding carboxylic acids is 1. The first-order valence-electron chi connectivity index (χ1n) is 6.32. The Morgan fingerprint density at radius 3 is 2.38 bits per heavy atom. The van der Waals surface area contributed by atoms with Crippen molar-refractivity contribution in [2.45, 2.75) is 13.0 Å². The third-order valence-corrected chi connectivity index (χ3v) is 3.00. The fourth-order valence-electron chi connectivity index (χ4n) is 1.90. The van der Waals surface area contributed by atoms with E-state index in [1.54, 1.807) is 31.2 Å². The van der Waals surface area contributed by atoms with Crippen molar-refractivity contribution in [1.82, 2.24) is 0 Å². The molecule has 6 heteroatoms. The highest BCUT2D eigenvalue weighted by atomic mass is 16.6. The van der Waals surface area contributed by atoms with Crippen molar-refractivity contribution in [2.75, 3.05) is 5.32 Å². The Kier molecular flexibility index (Phi) is 4.30. The number of nitro benzene ring substituents is 1. The summed E-state index contributed by atoms with van der Waals surface area (Å²) < 4.78 is 0. The molecule has 2 aromatic carbocycles. The van der Waals surface area contributed by atoms with Crippen molar-refractivity contribution in [3.05, 3.63) is 69.8 Å². The van der Waals surface area contributed by atoms with Crippen LogP contribution in [-0.4, -0.2) is 15.9 Å². The van der Waals surface area contributed by atoms with Gasteiger partial charge in [0.15, 0.2) is 0 Å². The molecule has 0 bridgehead atoms. The molecule has 21 heavy (non-hydrogen) atoms. The molecule has 1 amide bonds. The van der Waals surface area contributed by atoms with E-state index < -0.39 is 16.9 Å². The summed E-state index contributed by atoms with van der Waals surface area (Å²) in [6.45, 7) is 1.61. The highest BCUT2D eigenvalue weighted by molar-refractivity contribution is 6.04. The molecule has 0 radical (unpaired) electrons. The van der Waals surface area contributed by atoms with Crippen molar-refractivity contribution in [3.63, 3.8) is 0 Å². The van der Waals surface area contributed by atoms with Gasteiger partial charge in [-0.25, -0.2) is 0 Å². The molecule has 0 aliphatic carbocycles. The number of nitrogens with one attached hydrogen (secondary N) is 1. The van der Waals surface area contributed by atoms with Gasteiger partial charge in [0.1, 0.15) is 0 Å². The summed E-state index contributed by atoms with van der Waals surface area (Å²) in [5, 5.41) is 22.9. The molecule has 2 N–H and O–H groups in total. The first-order chi connectivity index (χ1) is 9.99. The number of nitrogens with zero attached hydrogens (tertiary/aromatic N) is 1. The van der Waals surface area contributed by atoms with E-state index in [9.17, 15) is 20.0 Å². The number of benzene rings is 2. The Hall–Kier alpha value is -2.73. The number of carbonyl (C=O) groups is 1. The molecule has 1 unspecified atom stereocenters. The van der Waals surface area contributed by atoms with Gasteiger partial charge in [-0.3, -0.25) is 14.9 Å². The quantitative estimate of drug-likeness (QED) is 0.667. The van der Waals surface area contributed by atoms with Crippen molar-refractivity contribution in [1.29, 1.82) is 0 Å². The lowest BCUT2D eigenvalue weighted by molar-refractivity contribution is -0.384. The van der Waals surface area contributed by atoms with Crippen LogP contribution in [0.4, 0.5) is 11.4 Å². The van der Waals surface area contributed by atoms with E-state index in [1.807, 2.05) is 0 Å². The highest BCUT2D eigenvalue weighted by Crippen LogP contribution is 2.23. The number of hydrogen-bond acceptors (Lipinski definition) is 4. The topological polar surface area (TPSA) is 92.5 Å². The van der Waals surface area contributed by atoms with Crippen LogP contribution in [0.5, 0.6) is 0 Å². The van der Waals surface area contributed by atoms with E-state index in [2.05, 4.69) is 5.32 Å². The van der Waals surface area contributed by atoms with Gasteiger partial charge >= 0.3 is 0 Å². The number of aliphatic hydroxyl groups is 1. The smallest absolute Gasteiger partial charge is 0.269 e. The van der Waals surface area contributed by atoms with Crippen LogP contribution in [-0.2, 0) is 0 Å². The van der Waals surface area contributed by atoms with Gasteiger partial charge < -0.3 is 10.4 Å². The maximum Gasteiger partial charge on any atom is 0.269 e. The van der Waals surface area contributed by atoms with E-state index in [4.69, 9.17) is 0 Å². The van der Waals surface area contributed by atoms with Crippen LogP contribution in [0.2, 0.25) is 0 Å². The molecule has 1 atom stereocenters. The van der Waals surface area contributed by atoms with Crippen LogP contribution < -0.4 is 5.32 Å². The molecule has 0 heterocycles. The SMILES string of the molecule is CC(O)c1ccccc1NC(=O)c1ccc([N+](=O)[O-])cc1. The minimum atomic E-state index is -0.710. The molecule has 0 fully saturated rings. The molecule has 0 aliphatic rings. The standard InChI is InChI=1S/C15H14N2O4/c1-10(18)13-4-2-3-5-14(13)16-15(19)11-6-8-12(9-7-11)17(20)21/h2-10,18H,1H3,(H,16,19). The summed E-state index contributed by atoms with van der Waals surface area (Å²) in [6.07, 6.45) is -0.710. The van der Waals surface area contributed by atoms with Gasteiger partial charge in [-0.05, 0) is 25.1 Å². The number of anilines is 1. The predicted molar refractivity (Wildman–Crippen MR) is 78.1 cm³/mol. The fourth-order valence-corrected chi connectivity index (χ4v) is 1.90. The summed E-state index contributed by atoms with van der Waals surface area (Å²) in [5.74, 6) is -0.391. The maximum absolute atomic E-state index is 12.1. The van der Waals surface area contributed by atoms with Crippen LogP contribution in [0.15, 0.2) is 48.5 Å². The summed E-state index contributed by atoms with van der Waals surface area (Å²) in [4.78, 5) is 22.2. The largest absolute Gasteiger partial charge is 0.389 e. The van der Waals surface area contributed by atoms with Crippen LogP contribution in [0.25, 0.3) is 0 Å². The van der Waals surface area contributed by atoms with Crippen molar-refractivity contribution >= 4 is 17.3 Å². The van der Waals surface area contributed by atoms with Gasteiger partial charge in [0.05, 0.1) is 11.0 Å². The van der Waals surface area contributed by atoms with Gasteiger partial charge in [0.2, 0.25) is 0 Å². The Balaban J connectivity index is 2.20. The number of nitro groups is 1. The average Bonchev–Trinajstić information content (AvgIpc) is 2.47. The number of amides is 1. The Morgan fingerprint density at radius 2 is 1.81 bits per heavy atom. The summed E-state index contributed by atoms with van der Waals surface area (Å²) in [7, 11) is 0. The molecule has 6 nitrogen and oxygen atoms in total. The second-order valence-corrected chi connectivity index (χ2v) is 4.52. The Morgan fingerprint density at radius 1 is 1.19 bits per heavy atom. The molecule has 2 rings (SSSR count). The minimum absolute atomic E-state index is 0.0732. The fraction of sp³-hybridized carbons (Fsp3) is 0.133.